The molecule has 1 heterocycles. The van der Waals surface area contributed by atoms with Crippen molar-refractivity contribution in [3.63, 3.8) is 0 Å². The van der Waals surface area contributed by atoms with Gasteiger partial charge in [-0.25, -0.2) is 9.78 Å². The smallest absolute Gasteiger partial charge is 0.332 e. The molecule has 1 aromatic rings. The van der Waals surface area contributed by atoms with Crippen LogP contribution in [0.3, 0.4) is 0 Å². The van der Waals surface area contributed by atoms with Gasteiger partial charge in [-0.2, -0.15) is 0 Å². The van der Waals surface area contributed by atoms with Crippen molar-refractivity contribution in [3.05, 3.63) is 30.5 Å². The van der Waals surface area contributed by atoms with Gasteiger partial charge in [0.2, 0.25) is 0 Å². The van der Waals surface area contributed by atoms with Crippen molar-refractivity contribution >= 4 is 5.97 Å². The number of rotatable bonds is 6. The molecule has 1 aromatic heterocycles. The van der Waals surface area contributed by atoms with E-state index in [-0.39, 0.29) is 6.61 Å². The molecule has 0 saturated heterocycles. The molecule has 16 heavy (non-hydrogen) atoms. The van der Waals surface area contributed by atoms with E-state index < -0.39 is 5.97 Å². The summed E-state index contributed by atoms with van der Waals surface area (Å²) in [7, 11) is 1.54. The van der Waals surface area contributed by atoms with Crippen molar-refractivity contribution in [2.75, 3.05) is 20.3 Å². The first kappa shape index (κ1) is 12.3. The van der Waals surface area contributed by atoms with E-state index in [1.54, 1.807) is 23.3 Å². The van der Waals surface area contributed by atoms with Crippen LogP contribution in [-0.4, -0.2) is 35.8 Å². The molecule has 6 nitrogen and oxygen atoms in total. The lowest BCUT2D eigenvalue weighted by Gasteiger charge is -2.03. The second kappa shape index (κ2) is 6.62. The lowest BCUT2D eigenvalue weighted by molar-refractivity contribution is -0.139. The molecule has 0 saturated carbocycles. The maximum absolute atomic E-state index is 11.2. The Kier molecular flexibility index (Phi) is 5.07. The van der Waals surface area contributed by atoms with Gasteiger partial charge in [0.25, 0.3) is 0 Å². The molecule has 0 fully saturated rings. The van der Waals surface area contributed by atoms with Gasteiger partial charge in [-0.15, -0.1) is 0 Å². The Labute approximate surface area is 93.7 Å². The lowest BCUT2D eigenvalue weighted by atomic mass is 10.4. The summed E-state index contributed by atoms with van der Waals surface area (Å²) in [6, 6.07) is 0. The topological polar surface area (TPSA) is 79.4 Å². The first-order valence-corrected chi connectivity index (χ1v) is 4.80. The maximum Gasteiger partial charge on any atom is 0.332 e. The molecule has 0 aliphatic carbocycles. The van der Waals surface area contributed by atoms with Crippen molar-refractivity contribution in [2.24, 2.45) is 5.73 Å². The second-order valence-electron chi connectivity index (χ2n) is 3.11. The zero-order chi connectivity index (χ0) is 11.8. The quantitative estimate of drug-likeness (QED) is 0.416. The summed E-state index contributed by atoms with van der Waals surface area (Å²) in [4.78, 5) is 15.1. The number of hydrogen-bond acceptors (Lipinski definition) is 5. The molecule has 0 spiro atoms. The number of allylic oxidation sites excluding steroid dienone is 1. The average molecular weight is 225 g/mol. The predicted molar refractivity (Wildman–Crippen MR) is 57.3 cm³/mol. The molecule has 0 bridgehead atoms. The fourth-order valence-corrected chi connectivity index (χ4v) is 1.06. The number of hydrogen-bond donors (Lipinski definition) is 1. The number of aromatic nitrogens is 2. The number of imidazole rings is 1. The zero-order valence-electron chi connectivity index (χ0n) is 9.13. The Bertz CT molecular complexity index is 346. The fraction of sp³-hybridized carbons (Fsp3) is 0.400. The van der Waals surface area contributed by atoms with E-state index >= 15 is 0 Å². The highest BCUT2D eigenvalue weighted by Gasteiger charge is 2.00. The standard InChI is InChI=1S/C10H15N3O3/c1-15-4-5-16-10(14)6-9(11)7-13-3-2-12-8-13/h2-3,6,8H,4-5,7,11H2,1H3/b9-6-. The van der Waals surface area contributed by atoms with Crippen molar-refractivity contribution in [3.8, 4) is 0 Å². The molecular formula is C10H15N3O3. The molecule has 0 aromatic carbocycles. The third-order valence-electron chi connectivity index (χ3n) is 1.76. The minimum absolute atomic E-state index is 0.226. The van der Waals surface area contributed by atoms with Crippen LogP contribution in [0.5, 0.6) is 0 Å². The number of esters is 1. The Balaban J connectivity index is 2.34. The van der Waals surface area contributed by atoms with Crippen LogP contribution in [0.15, 0.2) is 30.5 Å². The van der Waals surface area contributed by atoms with Gasteiger partial charge in [-0.3, -0.25) is 0 Å². The Morgan fingerprint density at radius 3 is 3.00 bits per heavy atom. The molecule has 0 radical (unpaired) electrons. The van der Waals surface area contributed by atoms with Crippen LogP contribution < -0.4 is 5.73 Å². The van der Waals surface area contributed by atoms with Gasteiger partial charge >= 0.3 is 5.97 Å². The first-order chi connectivity index (χ1) is 7.72. The third kappa shape index (κ3) is 4.61. The first-order valence-electron chi connectivity index (χ1n) is 4.80. The summed E-state index contributed by atoms with van der Waals surface area (Å²) < 4.78 is 11.3. The highest BCUT2D eigenvalue weighted by Crippen LogP contribution is 1.94. The van der Waals surface area contributed by atoms with Crippen LogP contribution in [0.4, 0.5) is 0 Å². The molecule has 88 valence electrons. The van der Waals surface area contributed by atoms with Gasteiger partial charge in [0.1, 0.15) is 6.61 Å². The normalized spacial score (nSPS) is 11.4. The molecule has 0 atom stereocenters. The summed E-state index contributed by atoms with van der Waals surface area (Å²) >= 11 is 0. The molecule has 2 N–H and O–H groups in total. The Morgan fingerprint density at radius 1 is 1.56 bits per heavy atom. The number of nitrogens with two attached hydrogens (primary N) is 1. The highest BCUT2D eigenvalue weighted by molar-refractivity contribution is 5.82. The van der Waals surface area contributed by atoms with E-state index in [2.05, 4.69) is 4.98 Å². The van der Waals surface area contributed by atoms with Crippen molar-refractivity contribution < 1.29 is 14.3 Å². The van der Waals surface area contributed by atoms with Gasteiger partial charge in [0.05, 0.1) is 19.5 Å². The number of ether oxygens (including phenoxy) is 2. The average Bonchev–Trinajstić information content (AvgIpc) is 2.70. The number of nitrogens with zero attached hydrogens (tertiary/aromatic N) is 2. The van der Waals surface area contributed by atoms with E-state index in [4.69, 9.17) is 15.2 Å². The van der Waals surface area contributed by atoms with Crippen LogP contribution in [-0.2, 0) is 20.8 Å². The largest absolute Gasteiger partial charge is 0.460 e. The molecule has 0 aliphatic rings. The number of carbonyl (C=O) groups is 1. The van der Waals surface area contributed by atoms with Crippen LogP contribution in [0, 0.1) is 0 Å². The summed E-state index contributed by atoms with van der Waals surface area (Å²) in [6.45, 7) is 1.02. The molecule has 1 rings (SSSR count). The molecule has 6 heteroatoms. The van der Waals surface area contributed by atoms with Crippen LogP contribution >= 0.6 is 0 Å². The molecule has 0 unspecified atom stereocenters. The highest BCUT2D eigenvalue weighted by atomic mass is 16.6. The van der Waals surface area contributed by atoms with Gasteiger partial charge in [-0.1, -0.05) is 0 Å². The SMILES string of the molecule is COCCOC(=O)/C=C(\N)Cn1ccnc1. The minimum Gasteiger partial charge on any atom is -0.460 e. The van der Waals surface area contributed by atoms with Crippen LogP contribution in [0.1, 0.15) is 0 Å². The van der Waals surface area contributed by atoms with Gasteiger partial charge in [0.15, 0.2) is 0 Å². The van der Waals surface area contributed by atoms with E-state index in [1.165, 1.54) is 13.2 Å². The summed E-state index contributed by atoms with van der Waals surface area (Å²) in [5.41, 5.74) is 6.07. The number of carbonyl (C=O) groups excluding carboxylic acids is 1. The predicted octanol–water partition coefficient (Wildman–Crippen LogP) is -0.0847. The molecular weight excluding hydrogens is 210 g/mol. The summed E-state index contributed by atoms with van der Waals surface area (Å²) in [5, 5.41) is 0. The summed E-state index contributed by atoms with van der Waals surface area (Å²) in [5.74, 6) is -0.463. The monoisotopic (exact) mass is 225 g/mol. The van der Waals surface area contributed by atoms with E-state index in [9.17, 15) is 4.79 Å². The Hall–Kier alpha value is -1.82. The third-order valence-corrected chi connectivity index (χ3v) is 1.76. The molecule has 0 amide bonds. The van der Waals surface area contributed by atoms with E-state index in [0.29, 0.717) is 18.8 Å². The Morgan fingerprint density at radius 2 is 2.38 bits per heavy atom. The van der Waals surface area contributed by atoms with Crippen LogP contribution in [0.25, 0.3) is 0 Å². The van der Waals surface area contributed by atoms with Crippen LogP contribution in [0.2, 0.25) is 0 Å². The number of methoxy groups -OCH3 is 1. The van der Waals surface area contributed by atoms with E-state index in [0.717, 1.165) is 0 Å². The molecule has 0 aliphatic heterocycles. The van der Waals surface area contributed by atoms with Gasteiger partial charge in [-0.05, 0) is 0 Å². The van der Waals surface area contributed by atoms with Crippen molar-refractivity contribution in [1.82, 2.24) is 9.55 Å². The zero-order valence-corrected chi connectivity index (χ0v) is 9.13. The van der Waals surface area contributed by atoms with Crippen molar-refractivity contribution in [2.45, 2.75) is 6.54 Å². The van der Waals surface area contributed by atoms with Crippen molar-refractivity contribution in [1.29, 1.82) is 0 Å². The van der Waals surface area contributed by atoms with Gasteiger partial charge in [0, 0.05) is 31.3 Å². The minimum atomic E-state index is -0.463. The summed E-state index contributed by atoms with van der Waals surface area (Å²) in [6.07, 6.45) is 6.29. The second-order valence-corrected chi connectivity index (χ2v) is 3.11. The fourth-order valence-electron chi connectivity index (χ4n) is 1.06. The lowest BCUT2D eigenvalue weighted by Crippen LogP contribution is -2.12. The van der Waals surface area contributed by atoms with Gasteiger partial charge < -0.3 is 19.8 Å². The maximum atomic E-state index is 11.2. The van der Waals surface area contributed by atoms with E-state index in [1.807, 2.05) is 0 Å².